The minimum atomic E-state index is -1.00. The van der Waals surface area contributed by atoms with Crippen LogP contribution < -0.4 is 10.5 Å². The molecule has 1 saturated heterocycles. The molecule has 0 N–H and O–H groups in total. The molecule has 1 unspecified atom stereocenters. The van der Waals surface area contributed by atoms with E-state index in [9.17, 15) is 4.79 Å². The highest BCUT2D eigenvalue weighted by Crippen LogP contribution is 2.45. The van der Waals surface area contributed by atoms with Crippen molar-refractivity contribution in [1.29, 1.82) is 0 Å². The van der Waals surface area contributed by atoms with Crippen LogP contribution in [0.4, 0.5) is 5.69 Å². The van der Waals surface area contributed by atoms with Crippen molar-refractivity contribution in [3.63, 3.8) is 0 Å². The monoisotopic (exact) mass is 608 g/mol. The van der Waals surface area contributed by atoms with Crippen molar-refractivity contribution in [2.24, 2.45) is 0 Å². The van der Waals surface area contributed by atoms with Gasteiger partial charge < -0.3 is 14.2 Å². The lowest BCUT2D eigenvalue weighted by atomic mass is 9.85. The van der Waals surface area contributed by atoms with Gasteiger partial charge >= 0.3 is 0 Å². The van der Waals surface area contributed by atoms with E-state index in [1.807, 2.05) is 24.3 Å². The zero-order valence-electron chi connectivity index (χ0n) is 25.7. The smallest absolute Gasteiger partial charge is 0.275 e. The van der Waals surface area contributed by atoms with E-state index in [-0.39, 0.29) is 10.6 Å². The third kappa shape index (κ3) is 5.85. The second-order valence-electron chi connectivity index (χ2n) is 12.9. The molecule has 1 aliphatic heterocycles. The lowest BCUT2D eigenvalue weighted by Crippen LogP contribution is -2.35. The van der Waals surface area contributed by atoms with Gasteiger partial charge in [-0.2, -0.15) is 0 Å². The Morgan fingerprint density at radius 2 is 1.51 bits per heavy atom. The third-order valence-corrected chi connectivity index (χ3v) is 10.9. The average Bonchev–Trinajstić information content (AvgIpc) is 3.68. The Balaban J connectivity index is 1.42. The van der Waals surface area contributed by atoms with Crippen molar-refractivity contribution >= 4 is 37.0 Å². The van der Waals surface area contributed by atoms with Crippen molar-refractivity contribution in [1.82, 2.24) is 14.5 Å². The van der Waals surface area contributed by atoms with Crippen LogP contribution in [0.15, 0.2) is 102 Å². The topological polar surface area (TPSA) is 50.6 Å². The van der Waals surface area contributed by atoms with Gasteiger partial charge in [0.05, 0.1) is 11.2 Å². The number of likely N-dealkylation sites (N-methyl/N-ethyl adjacent to an activating group) is 1. The molecule has 5 aromatic rings. The van der Waals surface area contributed by atoms with Crippen LogP contribution in [0.3, 0.4) is 0 Å². The van der Waals surface area contributed by atoms with Gasteiger partial charge in [-0.05, 0) is 67.0 Å². The Morgan fingerprint density at radius 3 is 2.07 bits per heavy atom. The van der Waals surface area contributed by atoms with Gasteiger partial charge in [0.2, 0.25) is 0 Å². The highest BCUT2D eigenvalue weighted by Gasteiger charge is 2.40. The zero-order valence-corrected chi connectivity index (χ0v) is 27.9. The summed E-state index contributed by atoms with van der Waals surface area (Å²) in [6.07, 6.45) is 2.82. The summed E-state index contributed by atoms with van der Waals surface area (Å²) in [5, 5.41) is 0.0745. The Hall–Kier alpha value is -3.56. The van der Waals surface area contributed by atoms with Crippen molar-refractivity contribution in [3.05, 3.63) is 124 Å². The van der Waals surface area contributed by atoms with Gasteiger partial charge in [0.1, 0.15) is 16.6 Å². The first kappa shape index (κ1) is 29.5. The predicted molar refractivity (Wildman–Crippen MR) is 182 cm³/mol. The quantitative estimate of drug-likeness (QED) is 0.197. The van der Waals surface area contributed by atoms with Gasteiger partial charge in [0.25, 0.3) is 5.56 Å². The second-order valence-corrected chi connectivity index (χ2v) is 16.6. The maximum Gasteiger partial charge on any atom is 0.275 e. The maximum absolute atomic E-state index is 14.0. The van der Waals surface area contributed by atoms with Crippen LogP contribution in [0.1, 0.15) is 43.2 Å². The number of aromatic nitrogens is 2. The molecule has 0 amide bonds. The van der Waals surface area contributed by atoms with E-state index in [1.54, 1.807) is 10.9 Å². The number of thiophene rings is 1. The van der Waals surface area contributed by atoms with Crippen LogP contribution in [-0.4, -0.2) is 57.4 Å². The number of fused-ring (bicyclic) bond motifs is 1. The Morgan fingerprint density at radius 1 is 0.907 bits per heavy atom. The summed E-state index contributed by atoms with van der Waals surface area (Å²) >= 11 is 1.49. The molecule has 0 radical (unpaired) electrons. The van der Waals surface area contributed by atoms with Crippen molar-refractivity contribution in [2.75, 3.05) is 32.1 Å². The Kier molecular flexibility index (Phi) is 8.13. The summed E-state index contributed by atoms with van der Waals surface area (Å²) in [6.45, 7) is 8.77. The lowest BCUT2D eigenvalue weighted by Gasteiger charge is -2.37. The molecule has 8 heteroatoms. The molecule has 1 atom stereocenters. The summed E-state index contributed by atoms with van der Waals surface area (Å²) in [6, 6.07) is 31.7. The van der Waals surface area contributed by atoms with Crippen molar-refractivity contribution in [3.8, 4) is 5.69 Å². The molecule has 1 fully saturated rings. The highest BCUT2D eigenvalue weighted by atomic mass is 32.1. The van der Waals surface area contributed by atoms with Crippen LogP contribution in [0.25, 0.3) is 15.9 Å². The fourth-order valence-corrected chi connectivity index (χ4v) is 8.32. The number of nitrogens with zero attached hydrogens (tertiary/aromatic N) is 4. The van der Waals surface area contributed by atoms with Crippen molar-refractivity contribution in [2.45, 2.75) is 43.9 Å². The molecule has 0 saturated carbocycles. The summed E-state index contributed by atoms with van der Waals surface area (Å²) < 4.78 is 9.42. The zero-order chi connectivity index (χ0) is 30.2. The average molecular weight is 609 g/mol. The molecule has 43 heavy (non-hydrogen) atoms. The van der Waals surface area contributed by atoms with Gasteiger partial charge in [-0.25, -0.2) is 4.98 Å². The van der Waals surface area contributed by atoms with E-state index < -0.39 is 15.4 Å². The largest absolute Gasteiger partial charge is 0.406 e. The molecule has 1 aliphatic rings. The summed E-state index contributed by atoms with van der Waals surface area (Å²) in [7, 11) is 3.28. The van der Waals surface area contributed by atoms with E-state index >= 15 is 0 Å². The van der Waals surface area contributed by atoms with Gasteiger partial charge in [-0.15, -0.1) is 11.3 Å². The van der Waals surface area contributed by atoms with Gasteiger partial charge in [0.15, 0.2) is 9.76 Å². The maximum atomic E-state index is 14.0. The molecule has 0 bridgehead atoms. The molecule has 222 valence electrons. The van der Waals surface area contributed by atoms with E-state index in [1.165, 1.54) is 17.0 Å². The number of anilines is 1. The molecular weight excluding hydrogens is 569 g/mol. The molecule has 6 rings (SSSR count). The number of benzene rings is 3. The minimum Gasteiger partial charge on any atom is -0.406 e. The molecule has 3 aromatic carbocycles. The fourth-order valence-electron chi connectivity index (χ4n) is 5.85. The highest BCUT2D eigenvalue weighted by molar-refractivity contribution is 7.19. The number of hydrogen-bond acceptors (Lipinski definition) is 6. The van der Waals surface area contributed by atoms with Gasteiger partial charge in [-0.1, -0.05) is 81.4 Å². The first-order valence-electron chi connectivity index (χ1n) is 14.9. The first-order valence-corrected chi connectivity index (χ1v) is 17.0. The van der Waals surface area contributed by atoms with E-state index in [4.69, 9.17) is 9.41 Å². The van der Waals surface area contributed by atoms with Gasteiger partial charge in [-0.3, -0.25) is 9.36 Å². The number of rotatable bonds is 8. The van der Waals surface area contributed by atoms with E-state index in [2.05, 4.69) is 111 Å². The van der Waals surface area contributed by atoms with Crippen LogP contribution in [0.2, 0.25) is 5.04 Å². The molecule has 2 aromatic heterocycles. The SMILES string of the molecule is CN(C)C1CCN(c2ccc(-n3cnc4cc(C(O[SiH2]C(C)(C)C)(c5ccccc5)c5ccccc5)sc4c3=O)cc2)C1. The van der Waals surface area contributed by atoms with E-state index in [0.717, 1.165) is 41.2 Å². The Bertz CT molecular complexity index is 1710. The van der Waals surface area contributed by atoms with E-state index in [0.29, 0.717) is 16.3 Å². The first-order chi connectivity index (χ1) is 20.7. The minimum absolute atomic E-state index is 0.0640. The summed E-state index contributed by atoms with van der Waals surface area (Å²) in [4.78, 5) is 24.5. The van der Waals surface area contributed by atoms with Crippen LogP contribution in [-0.2, 0) is 10.0 Å². The molecule has 3 heterocycles. The summed E-state index contributed by atoms with van der Waals surface area (Å²) in [5.41, 5.74) is 3.91. The van der Waals surface area contributed by atoms with Gasteiger partial charge in [0, 0.05) is 29.7 Å². The standard InChI is InChI=1S/C35H40N4O2SSi/c1-34(2,3)43-41-35(25-12-8-6-9-13-25,26-14-10-7-11-15-26)31-22-30-32(42-31)33(40)39(24-36-30)28-18-16-27(17-19-28)38-21-20-29(23-38)37(4)5/h6-19,22,24,29H,20-21,23,43H2,1-5H3. The normalized spacial score (nSPS) is 16.2. The molecular formula is C35H40N4O2SSi. The number of hydrogen-bond donors (Lipinski definition) is 0. The lowest BCUT2D eigenvalue weighted by molar-refractivity contribution is 0.161. The second kappa shape index (κ2) is 11.8. The van der Waals surface area contributed by atoms with Crippen LogP contribution in [0.5, 0.6) is 0 Å². The van der Waals surface area contributed by atoms with Crippen LogP contribution in [0, 0.1) is 0 Å². The third-order valence-electron chi connectivity index (χ3n) is 8.25. The Labute approximate surface area is 260 Å². The van der Waals surface area contributed by atoms with Crippen molar-refractivity contribution < 1.29 is 4.43 Å². The fraction of sp³-hybridized carbons (Fsp3) is 0.314. The van der Waals surface area contributed by atoms with Crippen LogP contribution >= 0.6 is 11.3 Å². The predicted octanol–water partition coefficient (Wildman–Crippen LogP) is 6.20. The molecule has 6 nitrogen and oxygen atoms in total. The molecule has 0 spiro atoms. The summed E-state index contributed by atoms with van der Waals surface area (Å²) in [5.74, 6) is 0. The molecule has 0 aliphatic carbocycles.